The Labute approximate surface area is 187 Å². The number of carbonyl (C=O) groups is 3. The molecule has 2 aromatic rings. The van der Waals surface area contributed by atoms with E-state index in [1.54, 1.807) is 54.5 Å². The second-order valence-corrected chi connectivity index (χ2v) is 6.65. The first-order valence-corrected chi connectivity index (χ1v) is 10.2. The summed E-state index contributed by atoms with van der Waals surface area (Å²) in [6.07, 6.45) is 2.75. The standard InChI is InChI=1S/C24H28N2O6/c1-5-26(6-2)24(29)18-7-11-19(12-8-18)25-22(27)16-32-23(28)14-10-17-9-13-20(30-3)15-21(17)31-4/h7-15H,5-6,16H2,1-4H3,(H,25,27)/b14-10+. The van der Waals surface area contributed by atoms with Crippen molar-refractivity contribution < 1.29 is 28.6 Å². The molecule has 2 amide bonds. The summed E-state index contributed by atoms with van der Waals surface area (Å²) in [6.45, 7) is 4.64. The molecule has 0 aromatic heterocycles. The van der Waals surface area contributed by atoms with Crippen LogP contribution in [0.15, 0.2) is 48.5 Å². The summed E-state index contributed by atoms with van der Waals surface area (Å²) < 4.78 is 15.4. The Kier molecular flexibility index (Phi) is 9.28. The fourth-order valence-electron chi connectivity index (χ4n) is 2.89. The minimum absolute atomic E-state index is 0.0675. The van der Waals surface area contributed by atoms with Crippen LogP contribution in [0.5, 0.6) is 11.5 Å². The molecule has 0 aliphatic rings. The molecule has 0 atom stereocenters. The van der Waals surface area contributed by atoms with Crippen LogP contribution in [-0.2, 0) is 14.3 Å². The minimum atomic E-state index is -0.668. The highest BCUT2D eigenvalue weighted by Crippen LogP contribution is 2.25. The van der Waals surface area contributed by atoms with Crippen molar-refractivity contribution in [2.24, 2.45) is 0 Å². The number of benzene rings is 2. The van der Waals surface area contributed by atoms with Crippen LogP contribution in [0.4, 0.5) is 5.69 Å². The van der Waals surface area contributed by atoms with Crippen molar-refractivity contribution in [3.8, 4) is 11.5 Å². The number of nitrogens with one attached hydrogen (secondary N) is 1. The van der Waals surface area contributed by atoms with E-state index in [0.29, 0.717) is 41.4 Å². The van der Waals surface area contributed by atoms with E-state index in [4.69, 9.17) is 14.2 Å². The predicted octanol–water partition coefficient (Wildman–Crippen LogP) is 3.38. The number of hydrogen-bond donors (Lipinski definition) is 1. The summed E-state index contributed by atoms with van der Waals surface area (Å²) in [5.41, 5.74) is 1.70. The lowest BCUT2D eigenvalue weighted by Crippen LogP contribution is -2.30. The number of anilines is 1. The summed E-state index contributed by atoms with van der Waals surface area (Å²) in [7, 11) is 3.06. The van der Waals surface area contributed by atoms with E-state index in [0.717, 1.165) is 0 Å². The van der Waals surface area contributed by atoms with Gasteiger partial charge in [0.2, 0.25) is 0 Å². The molecule has 0 fully saturated rings. The Bertz CT molecular complexity index is 965. The van der Waals surface area contributed by atoms with Gasteiger partial charge in [-0.05, 0) is 56.3 Å². The summed E-state index contributed by atoms with van der Waals surface area (Å²) in [6, 6.07) is 11.7. The normalized spacial score (nSPS) is 10.5. The van der Waals surface area contributed by atoms with Crippen molar-refractivity contribution in [2.75, 3.05) is 39.2 Å². The van der Waals surface area contributed by atoms with Crippen LogP contribution in [0.3, 0.4) is 0 Å². The molecule has 0 spiro atoms. The predicted molar refractivity (Wildman–Crippen MR) is 122 cm³/mol. The molecule has 0 saturated carbocycles. The van der Waals surface area contributed by atoms with Gasteiger partial charge in [0, 0.05) is 42.0 Å². The first-order chi connectivity index (χ1) is 15.4. The largest absolute Gasteiger partial charge is 0.497 e. The van der Waals surface area contributed by atoms with Gasteiger partial charge >= 0.3 is 5.97 Å². The summed E-state index contributed by atoms with van der Waals surface area (Å²) in [5, 5.41) is 2.63. The van der Waals surface area contributed by atoms with Crippen molar-refractivity contribution in [1.82, 2.24) is 4.90 Å². The number of methoxy groups -OCH3 is 2. The summed E-state index contributed by atoms with van der Waals surface area (Å²) >= 11 is 0. The fourth-order valence-corrected chi connectivity index (χ4v) is 2.89. The van der Waals surface area contributed by atoms with E-state index < -0.39 is 18.5 Å². The molecule has 0 heterocycles. The maximum absolute atomic E-state index is 12.3. The Balaban J connectivity index is 1.87. The molecule has 8 nitrogen and oxygen atoms in total. The Morgan fingerprint density at radius 2 is 1.66 bits per heavy atom. The van der Waals surface area contributed by atoms with Crippen molar-refractivity contribution in [3.63, 3.8) is 0 Å². The summed E-state index contributed by atoms with van der Waals surface area (Å²) in [4.78, 5) is 38.0. The highest BCUT2D eigenvalue weighted by molar-refractivity contribution is 5.97. The maximum atomic E-state index is 12.3. The average molecular weight is 440 g/mol. The topological polar surface area (TPSA) is 94.2 Å². The molecule has 0 unspecified atom stereocenters. The zero-order valence-electron chi connectivity index (χ0n) is 18.7. The molecule has 2 rings (SSSR count). The zero-order chi connectivity index (χ0) is 23.5. The SMILES string of the molecule is CCN(CC)C(=O)c1ccc(NC(=O)COC(=O)/C=C/c2ccc(OC)cc2OC)cc1. The number of nitrogens with zero attached hydrogens (tertiary/aromatic N) is 1. The van der Waals surface area contributed by atoms with Gasteiger partial charge in [0.25, 0.3) is 11.8 Å². The van der Waals surface area contributed by atoms with Gasteiger partial charge in [-0.3, -0.25) is 9.59 Å². The van der Waals surface area contributed by atoms with Gasteiger partial charge in [-0.2, -0.15) is 0 Å². The van der Waals surface area contributed by atoms with Gasteiger partial charge in [0.15, 0.2) is 6.61 Å². The Hall–Kier alpha value is -3.81. The third-order valence-electron chi connectivity index (χ3n) is 4.65. The molecule has 0 aliphatic heterocycles. The molecule has 8 heteroatoms. The van der Waals surface area contributed by atoms with Crippen LogP contribution in [0.2, 0.25) is 0 Å². The van der Waals surface area contributed by atoms with Crippen molar-refractivity contribution in [3.05, 3.63) is 59.7 Å². The number of ether oxygens (including phenoxy) is 3. The smallest absolute Gasteiger partial charge is 0.331 e. The lowest BCUT2D eigenvalue weighted by molar-refractivity contribution is -0.142. The number of carbonyl (C=O) groups excluding carboxylic acids is 3. The molecule has 0 bridgehead atoms. The molecule has 2 aromatic carbocycles. The van der Waals surface area contributed by atoms with Crippen LogP contribution in [0.25, 0.3) is 6.08 Å². The monoisotopic (exact) mass is 440 g/mol. The van der Waals surface area contributed by atoms with Crippen molar-refractivity contribution in [1.29, 1.82) is 0 Å². The molecule has 1 N–H and O–H groups in total. The van der Waals surface area contributed by atoms with Crippen LogP contribution in [0.1, 0.15) is 29.8 Å². The first-order valence-electron chi connectivity index (χ1n) is 10.2. The van der Waals surface area contributed by atoms with Gasteiger partial charge in [-0.1, -0.05) is 0 Å². The van der Waals surface area contributed by atoms with E-state index in [2.05, 4.69) is 5.32 Å². The highest BCUT2D eigenvalue weighted by atomic mass is 16.5. The maximum Gasteiger partial charge on any atom is 0.331 e. The number of amides is 2. The van der Waals surface area contributed by atoms with Gasteiger partial charge in [0.1, 0.15) is 11.5 Å². The molecule has 0 radical (unpaired) electrons. The number of hydrogen-bond acceptors (Lipinski definition) is 6. The Morgan fingerprint density at radius 3 is 2.25 bits per heavy atom. The van der Waals surface area contributed by atoms with Gasteiger partial charge in [-0.15, -0.1) is 0 Å². The Morgan fingerprint density at radius 1 is 0.969 bits per heavy atom. The summed E-state index contributed by atoms with van der Waals surface area (Å²) in [5.74, 6) is -0.0605. The van der Waals surface area contributed by atoms with Crippen LogP contribution < -0.4 is 14.8 Å². The number of rotatable bonds is 10. The molecule has 170 valence electrons. The van der Waals surface area contributed by atoms with Crippen LogP contribution >= 0.6 is 0 Å². The minimum Gasteiger partial charge on any atom is -0.497 e. The molecular formula is C24H28N2O6. The number of esters is 1. The average Bonchev–Trinajstić information content (AvgIpc) is 2.82. The second kappa shape index (κ2) is 12.1. The van der Waals surface area contributed by atoms with E-state index in [9.17, 15) is 14.4 Å². The third kappa shape index (κ3) is 6.87. The lowest BCUT2D eigenvalue weighted by atomic mass is 10.1. The van der Waals surface area contributed by atoms with Gasteiger partial charge < -0.3 is 24.4 Å². The van der Waals surface area contributed by atoms with Crippen LogP contribution in [-0.4, -0.2) is 56.6 Å². The molecule has 32 heavy (non-hydrogen) atoms. The van der Waals surface area contributed by atoms with Gasteiger partial charge in [-0.25, -0.2) is 4.79 Å². The third-order valence-corrected chi connectivity index (χ3v) is 4.65. The van der Waals surface area contributed by atoms with Crippen molar-refractivity contribution >= 4 is 29.5 Å². The molecular weight excluding hydrogens is 412 g/mol. The van der Waals surface area contributed by atoms with E-state index in [1.807, 2.05) is 13.8 Å². The van der Waals surface area contributed by atoms with E-state index in [-0.39, 0.29) is 5.91 Å². The fraction of sp³-hybridized carbons (Fsp3) is 0.292. The lowest BCUT2D eigenvalue weighted by Gasteiger charge is -2.18. The zero-order valence-corrected chi connectivity index (χ0v) is 18.7. The van der Waals surface area contributed by atoms with E-state index >= 15 is 0 Å². The quantitative estimate of drug-likeness (QED) is 0.450. The molecule has 0 aliphatic carbocycles. The van der Waals surface area contributed by atoms with Crippen LogP contribution in [0, 0.1) is 0 Å². The second-order valence-electron chi connectivity index (χ2n) is 6.65. The highest BCUT2D eigenvalue weighted by Gasteiger charge is 2.12. The van der Waals surface area contributed by atoms with E-state index in [1.165, 1.54) is 19.3 Å². The van der Waals surface area contributed by atoms with Crippen molar-refractivity contribution in [2.45, 2.75) is 13.8 Å². The first kappa shape index (κ1) is 24.5. The van der Waals surface area contributed by atoms with Gasteiger partial charge in [0.05, 0.1) is 14.2 Å². The molecule has 0 saturated heterocycles.